The first-order valence-corrected chi connectivity index (χ1v) is 9.82. The molecule has 1 amide bonds. The second kappa shape index (κ2) is 8.11. The first-order chi connectivity index (χ1) is 14.0. The van der Waals surface area contributed by atoms with Crippen LogP contribution in [0.1, 0.15) is 48.1 Å². The van der Waals surface area contributed by atoms with E-state index in [9.17, 15) is 9.18 Å². The van der Waals surface area contributed by atoms with Crippen LogP contribution in [-0.2, 0) is 11.2 Å². The lowest BCUT2D eigenvalue weighted by molar-refractivity contribution is -0.134. The van der Waals surface area contributed by atoms with Gasteiger partial charge in [-0.15, -0.1) is 0 Å². The number of aromatic nitrogens is 3. The van der Waals surface area contributed by atoms with Gasteiger partial charge in [0.25, 0.3) is 0 Å². The second-order valence-corrected chi connectivity index (χ2v) is 7.45. The van der Waals surface area contributed by atoms with Crippen molar-refractivity contribution in [2.45, 2.75) is 45.6 Å². The Labute approximate surface area is 168 Å². The van der Waals surface area contributed by atoms with E-state index in [1.807, 2.05) is 24.8 Å². The number of hydrogen-bond acceptors (Lipinski definition) is 5. The van der Waals surface area contributed by atoms with Gasteiger partial charge in [0.1, 0.15) is 11.6 Å². The van der Waals surface area contributed by atoms with Crippen LogP contribution in [0.15, 0.2) is 41.1 Å². The average Bonchev–Trinajstić information content (AvgIpc) is 3.14. The van der Waals surface area contributed by atoms with E-state index < -0.39 is 0 Å². The summed E-state index contributed by atoms with van der Waals surface area (Å²) in [6.07, 6.45) is 4.65. The topological polar surface area (TPSA) is 72.1 Å². The molecule has 7 heteroatoms. The molecule has 1 aromatic carbocycles. The Bertz CT molecular complexity index is 1030. The zero-order valence-electron chi connectivity index (χ0n) is 16.6. The van der Waals surface area contributed by atoms with Gasteiger partial charge in [-0.05, 0) is 50.8 Å². The van der Waals surface area contributed by atoms with E-state index in [4.69, 9.17) is 4.52 Å². The first-order valence-electron chi connectivity index (χ1n) is 9.82. The third-order valence-corrected chi connectivity index (χ3v) is 5.22. The van der Waals surface area contributed by atoms with Crippen molar-refractivity contribution >= 4 is 5.91 Å². The number of carbonyl (C=O) groups excluding carboxylic acids is 1. The number of carbonyl (C=O) groups is 1. The number of benzene rings is 1. The predicted octanol–water partition coefficient (Wildman–Crippen LogP) is 4.18. The molecule has 1 saturated heterocycles. The third kappa shape index (κ3) is 4.18. The molecule has 0 unspecified atom stereocenters. The predicted molar refractivity (Wildman–Crippen MR) is 105 cm³/mol. The van der Waals surface area contributed by atoms with E-state index in [-0.39, 0.29) is 24.2 Å². The summed E-state index contributed by atoms with van der Waals surface area (Å²) in [6, 6.07) is 7.87. The number of halogens is 1. The molecule has 4 rings (SSSR count). The van der Waals surface area contributed by atoms with Crippen LogP contribution in [-0.4, -0.2) is 32.5 Å². The Morgan fingerprint density at radius 2 is 2.14 bits per heavy atom. The molecule has 0 bridgehead atoms. The molecular formula is C22H23FN4O2. The number of piperidine rings is 1. The molecule has 150 valence electrons. The van der Waals surface area contributed by atoms with Crippen molar-refractivity contribution in [2.75, 3.05) is 6.54 Å². The minimum atomic E-state index is -0.333. The number of rotatable bonds is 4. The summed E-state index contributed by atoms with van der Waals surface area (Å²) in [5, 5.41) is 3.97. The summed E-state index contributed by atoms with van der Waals surface area (Å²) in [4.78, 5) is 24.0. The number of nitrogens with zero attached hydrogens (tertiary/aromatic N) is 4. The fourth-order valence-corrected chi connectivity index (χ4v) is 3.86. The van der Waals surface area contributed by atoms with E-state index in [2.05, 4.69) is 15.1 Å². The maximum Gasteiger partial charge on any atom is 0.227 e. The van der Waals surface area contributed by atoms with Crippen molar-refractivity contribution < 1.29 is 13.7 Å². The first kappa shape index (κ1) is 19.2. The quantitative estimate of drug-likeness (QED) is 0.664. The summed E-state index contributed by atoms with van der Waals surface area (Å²) in [7, 11) is 0. The molecule has 1 aliphatic heterocycles. The highest BCUT2D eigenvalue weighted by Gasteiger charge is 2.32. The Balaban J connectivity index is 1.67. The van der Waals surface area contributed by atoms with Crippen LogP contribution in [0.4, 0.5) is 4.39 Å². The summed E-state index contributed by atoms with van der Waals surface area (Å²) < 4.78 is 19.0. The molecule has 0 saturated carbocycles. The van der Waals surface area contributed by atoms with Crippen molar-refractivity contribution in [3.8, 4) is 11.3 Å². The molecule has 0 radical (unpaired) electrons. The molecule has 2 aromatic heterocycles. The minimum absolute atomic E-state index is 0.0312. The van der Waals surface area contributed by atoms with Crippen molar-refractivity contribution in [1.29, 1.82) is 0 Å². The lowest BCUT2D eigenvalue weighted by Gasteiger charge is -2.36. The molecule has 0 spiro atoms. The molecular weight excluding hydrogens is 371 g/mol. The van der Waals surface area contributed by atoms with Gasteiger partial charge < -0.3 is 9.42 Å². The normalized spacial score (nSPS) is 16.8. The van der Waals surface area contributed by atoms with Crippen LogP contribution in [0.3, 0.4) is 0 Å². The number of likely N-dealkylation sites (tertiary alicyclic amines) is 1. The van der Waals surface area contributed by atoms with Gasteiger partial charge in [0.2, 0.25) is 5.91 Å². The van der Waals surface area contributed by atoms with Crippen LogP contribution in [0.5, 0.6) is 0 Å². The van der Waals surface area contributed by atoms with Gasteiger partial charge in [-0.3, -0.25) is 4.79 Å². The van der Waals surface area contributed by atoms with Crippen LogP contribution in [0, 0.1) is 19.7 Å². The van der Waals surface area contributed by atoms with E-state index in [0.29, 0.717) is 23.7 Å². The smallest absolute Gasteiger partial charge is 0.227 e. The molecule has 3 heterocycles. The van der Waals surface area contributed by atoms with Crippen LogP contribution < -0.4 is 0 Å². The molecule has 0 aliphatic carbocycles. The Morgan fingerprint density at radius 1 is 1.28 bits per heavy atom. The van der Waals surface area contributed by atoms with Crippen LogP contribution in [0.2, 0.25) is 0 Å². The number of hydrogen-bond donors (Lipinski definition) is 0. The van der Waals surface area contributed by atoms with Crippen LogP contribution >= 0.6 is 0 Å². The monoisotopic (exact) mass is 394 g/mol. The molecule has 6 nitrogen and oxygen atoms in total. The molecule has 1 atom stereocenters. The maximum absolute atomic E-state index is 13.5. The zero-order chi connectivity index (χ0) is 20.4. The SMILES string of the molecule is Cc1cc(-c2cnc(C)nc2[C@@H]2CCCCN2C(=O)Cc2cccc(F)c2)on1. The fraction of sp³-hybridized carbons (Fsp3) is 0.364. The van der Waals surface area contributed by atoms with Gasteiger partial charge in [0, 0.05) is 18.8 Å². The number of aryl methyl sites for hydroxylation is 2. The molecule has 0 N–H and O–H groups in total. The Hall–Kier alpha value is -3.09. The summed E-state index contributed by atoms with van der Waals surface area (Å²) in [6.45, 7) is 4.34. The van der Waals surface area contributed by atoms with E-state index in [1.165, 1.54) is 12.1 Å². The number of amides is 1. The maximum atomic E-state index is 13.5. The largest absolute Gasteiger partial charge is 0.356 e. The van der Waals surface area contributed by atoms with Gasteiger partial charge in [0.15, 0.2) is 5.76 Å². The van der Waals surface area contributed by atoms with Gasteiger partial charge >= 0.3 is 0 Å². The standard InChI is InChI=1S/C22H23FN4O2/c1-14-10-20(29-26-14)18-13-24-15(2)25-22(18)19-8-3-4-9-27(19)21(28)12-16-6-5-7-17(23)11-16/h5-7,10-11,13,19H,3-4,8-9,12H2,1-2H3/t19-/m0/s1. The molecule has 1 fully saturated rings. The Kier molecular flexibility index (Phi) is 5.38. The second-order valence-electron chi connectivity index (χ2n) is 7.45. The molecule has 3 aromatic rings. The lowest BCUT2D eigenvalue weighted by atomic mass is 9.94. The van der Waals surface area contributed by atoms with Crippen molar-refractivity contribution in [3.05, 3.63) is 65.1 Å². The fourth-order valence-electron chi connectivity index (χ4n) is 3.86. The highest BCUT2D eigenvalue weighted by Crippen LogP contribution is 2.36. The van der Waals surface area contributed by atoms with E-state index in [0.717, 1.165) is 36.2 Å². The van der Waals surface area contributed by atoms with Crippen molar-refractivity contribution in [3.63, 3.8) is 0 Å². The van der Waals surface area contributed by atoms with Gasteiger partial charge in [-0.1, -0.05) is 17.3 Å². The molecule has 29 heavy (non-hydrogen) atoms. The van der Waals surface area contributed by atoms with Crippen molar-refractivity contribution in [2.24, 2.45) is 0 Å². The Morgan fingerprint density at radius 3 is 2.90 bits per heavy atom. The summed E-state index contributed by atoms with van der Waals surface area (Å²) >= 11 is 0. The summed E-state index contributed by atoms with van der Waals surface area (Å²) in [5.74, 6) is 0.875. The van der Waals surface area contributed by atoms with E-state index >= 15 is 0 Å². The van der Waals surface area contributed by atoms with Gasteiger partial charge in [-0.2, -0.15) is 0 Å². The van der Waals surface area contributed by atoms with Crippen molar-refractivity contribution in [1.82, 2.24) is 20.0 Å². The van der Waals surface area contributed by atoms with Gasteiger partial charge in [-0.25, -0.2) is 14.4 Å². The minimum Gasteiger partial charge on any atom is -0.356 e. The highest BCUT2D eigenvalue weighted by atomic mass is 19.1. The van der Waals surface area contributed by atoms with Crippen LogP contribution in [0.25, 0.3) is 11.3 Å². The van der Waals surface area contributed by atoms with E-state index in [1.54, 1.807) is 18.3 Å². The lowest BCUT2D eigenvalue weighted by Crippen LogP contribution is -2.40. The third-order valence-electron chi connectivity index (χ3n) is 5.22. The molecule has 1 aliphatic rings. The average molecular weight is 394 g/mol. The van der Waals surface area contributed by atoms with Gasteiger partial charge in [0.05, 0.1) is 29.4 Å². The highest BCUT2D eigenvalue weighted by molar-refractivity contribution is 5.79. The summed E-state index contributed by atoms with van der Waals surface area (Å²) in [5.41, 5.74) is 2.98. The zero-order valence-corrected chi connectivity index (χ0v) is 16.6.